The summed E-state index contributed by atoms with van der Waals surface area (Å²) < 4.78 is 5.16. The van der Waals surface area contributed by atoms with Crippen LogP contribution in [0.15, 0.2) is 42.5 Å². The first-order chi connectivity index (χ1) is 16.5. The molecule has 0 spiro atoms. The summed E-state index contributed by atoms with van der Waals surface area (Å²) in [4.78, 5) is 44.9. The minimum Gasteiger partial charge on any atom is -0.497 e. The van der Waals surface area contributed by atoms with Crippen LogP contribution in [0.5, 0.6) is 5.75 Å². The second kappa shape index (κ2) is 10.2. The summed E-state index contributed by atoms with van der Waals surface area (Å²) >= 11 is 0. The molecule has 0 aromatic heterocycles. The van der Waals surface area contributed by atoms with E-state index in [4.69, 9.17) is 4.74 Å². The van der Waals surface area contributed by atoms with Crippen molar-refractivity contribution < 1.29 is 19.1 Å². The standard InChI is InChI=1S/C26H32N4O4/c1-4-28(5-2)25(32)18-9-14-21-23(16-18)30(26(33)22-8-6-7-15-29(21)22)17-24(31)27-19-10-12-20(34-3)13-11-19/h9-14,16,22H,4-8,15,17H2,1-3H3,(H,27,31)/t22-/m1/s1. The molecule has 0 radical (unpaired) electrons. The zero-order valence-electron chi connectivity index (χ0n) is 20.0. The summed E-state index contributed by atoms with van der Waals surface area (Å²) in [6.45, 7) is 5.76. The van der Waals surface area contributed by atoms with Crippen LogP contribution in [-0.2, 0) is 9.59 Å². The molecule has 180 valence electrons. The van der Waals surface area contributed by atoms with Crippen LogP contribution < -0.4 is 19.9 Å². The van der Waals surface area contributed by atoms with Gasteiger partial charge in [0.1, 0.15) is 18.3 Å². The van der Waals surface area contributed by atoms with E-state index in [1.54, 1.807) is 47.2 Å². The van der Waals surface area contributed by atoms with E-state index in [0.29, 0.717) is 35.8 Å². The van der Waals surface area contributed by atoms with Gasteiger partial charge >= 0.3 is 0 Å². The lowest BCUT2D eigenvalue weighted by molar-refractivity contribution is -0.123. The van der Waals surface area contributed by atoms with Crippen LogP contribution in [0.4, 0.5) is 17.1 Å². The second-order valence-corrected chi connectivity index (χ2v) is 8.59. The Labute approximate surface area is 200 Å². The van der Waals surface area contributed by atoms with Gasteiger partial charge in [0.25, 0.3) is 5.91 Å². The molecule has 1 saturated heterocycles. The van der Waals surface area contributed by atoms with Gasteiger partial charge in [0.2, 0.25) is 11.8 Å². The highest BCUT2D eigenvalue weighted by atomic mass is 16.5. The SMILES string of the molecule is CCN(CC)C(=O)c1ccc2c(c1)N(CC(=O)Nc1ccc(OC)cc1)C(=O)[C@H]1CCCCN21. The van der Waals surface area contributed by atoms with Gasteiger partial charge in [-0.3, -0.25) is 19.3 Å². The van der Waals surface area contributed by atoms with Crippen LogP contribution >= 0.6 is 0 Å². The van der Waals surface area contributed by atoms with Crippen LogP contribution in [0, 0.1) is 0 Å². The number of anilines is 3. The van der Waals surface area contributed by atoms with Crippen molar-refractivity contribution in [3.63, 3.8) is 0 Å². The first-order valence-corrected chi connectivity index (χ1v) is 11.9. The molecule has 0 saturated carbocycles. The summed E-state index contributed by atoms with van der Waals surface area (Å²) in [6.07, 6.45) is 2.75. The molecule has 34 heavy (non-hydrogen) atoms. The third-order valence-corrected chi connectivity index (χ3v) is 6.60. The predicted molar refractivity (Wildman–Crippen MR) is 133 cm³/mol. The van der Waals surface area contributed by atoms with Gasteiger partial charge in [0.05, 0.1) is 18.5 Å². The van der Waals surface area contributed by atoms with Gasteiger partial charge in [-0.15, -0.1) is 0 Å². The summed E-state index contributed by atoms with van der Waals surface area (Å²) in [6, 6.07) is 12.3. The van der Waals surface area contributed by atoms with E-state index >= 15 is 0 Å². The average Bonchev–Trinajstić information content (AvgIpc) is 2.87. The number of fused-ring (bicyclic) bond motifs is 3. The fourth-order valence-electron chi connectivity index (χ4n) is 4.77. The summed E-state index contributed by atoms with van der Waals surface area (Å²) in [5, 5.41) is 2.86. The van der Waals surface area contributed by atoms with Gasteiger partial charge in [0.15, 0.2) is 0 Å². The molecular formula is C26H32N4O4. The van der Waals surface area contributed by atoms with E-state index in [2.05, 4.69) is 10.2 Å². The molecule has 2 heterocycles. The number of nitrogens with zero attached hydrogens (tertiary/aromatic N) is 3. The first kappa shape index (κ1) is 23.6. The van der Waals surface area contributed by atoms with Crippen molar-refractivity contribution in [2.24, 2.45) is 0 Å². The van der Waals surface area contributed by atoms with Crippen molar-refractivity contribution in [2.45, 2.75) is 39.2 Å². The van der Waals surface area contributed by atoms with E-state index in [9.17, 15) is 14.4 Å². The van der Waals surface area contributed by atoms with Crippen LogP contribution in [0.25, 0.3) is 0 Å². The lowest BCUT2D eigenvalue weighted by Crippen LogP contribution is -2.56. The summed E-state index contributed by atoms with van der Waals surface area (Å²) in [5.41, 5.74) is 2.66. The third-order valence-electron chi connectivity index (χ3n) is 6.60. The predicted octanol–water partition coefficient (Wildman–Crippen LogP) is 3.52. The van der Waals surface area contributed by atoms with Crippen LogP contribution in [-0.4, -0.2) is 62.0 Å². The Morgan fingerprint density at radius 3 is 2.47 bits per heavy atom. The fraction of sp³-hybridized carbons (Fsp3) is 0.423. The lowest BCUT2D eigenvalue weighted by atomic mass is 9.95. The van der Waals surface area contributed by atoms with Gasteiger partial charge in [-0.2, -0.15) is 0 Å². The van der Waals surface area contributed by atoms with Gasteiger partial charge in [-0.05, 0) is 75.6 Å². The Kier molecular flexibility index (Phi) is 7.05. The smallest absolute Gasteiger partial charge is 0.253 e. The molecule has 2 aromatic carbocycles. The average molecular weight is 465 g/mol. The van der Waals surface area contributed by atoms with Crippen molar-refractivity contribution >= 4 is 34.8 Å². The molecule has 1 fully saturated rings. The topological polar surface area (TPSA) is 82.2 Å². The summed E-state index contributed by atoms with van der Waals surface area (Å²) in [5.74, 6) is 0.225. The largest absolute Gasteiger partial charge is 0.497 e. The maximum Gasteiger partial charge on any atom is 0.253 e. The van der Waals surface area contributed by atoms with E-state index in [-0.39, 0.29) is 30.3 Å². The zero-order chi connectivity index (χ0) is 24.2. The molecule has 8 heteroatoms. The second-order valence-electron chi connectivity index (χ2n) is 8.59. The molecule has 2 aliphatic heterocycles. The quantitative estimate of drug-likeness (QED) is 0.678. The number of carbonyl (C=O) groups excluding carboxylic acids is 3. The number of nitrogens with one attached hydrogen (secondary N) is 1. The van der Waals surface area contributed by atoms with Gasteiger partial charge in [0, 0.05) is 30.9 Å². The maximum atomic E-state index is 13.5. The Morgan fingerprint density at radius 1 is 1.06 bits per heavy atom. The van der Waals surface area contributed by atoms with Crippen molar-refractivity contribution in [1.82, 2.24) is 4.90 Å². The highest BCUT2D eigenvalue weighted by Crippen LogP contribution is 2.40. The van der Waals surface area contributed by atoms with E-state index in [1.807, 2.05) is 26.0 Å². The number of hydrogen-bond donors (Lipinski definition) is 1. The Balaban J connectivity index is 1.64. The van der Waals surface area contributed by atoms with Gasteiger partial charge in [-0.25, -0.2) is 0 Å². The molecular weight excluding hydrogens is 432 g/mol. The Morgan fingerprint density at radius 2 is 1.79 bits per heavy atom. The Bertz CT molecular complexity index is 1060. The number of rotatable bonds is 7. The molecule has 1 atom stereocenters. The number of benzene rings is 2. The number of methoxy groups -OCH3 is 1. The molecule has 0 unspecified atom stereocenters. The molecule has 2 aromatic rings. The van der Waals surface area contributed by atoms with Crippen molar-refractivity contribution in [3.8, 4) is 5.75 Å². The fourth-order valence-corrected chi connectivity index (χ4v) is 4.77. The highest BCUT2D eigenvalue weighted by Gasteiger charge is 2.40. The first-order valence-electron chi connectivity index (χ1n) is 11.9. The van der Waals surface area contributed by atoms with Crippen molar-refractivity contribution in [1.29, 1.82) is 0 Å². The third kappa shape index (κ3) is 4.58. The number of hydrogen-bond acceptors (Lipinski definition) is 5. The van der Waals surface area contributed by atoms with Crippen LogP contribution in [0.1, 0.15) is 43.5 Å². The molecule has 1 N–H and O–H groups in total. The minimum absolute atomic E-state index is 0.0800. The van der Waals surface area contributed by atoms with Crippen molar-refractivity contribution in [2.75, 3.05) is 48.4 Å². The monoisotopic (exact) mass is 464 g/mol. The highest BCUT2D eigenvalue weighted by molar-refractivity contribution is 6.11. The normalized spacial score (nSPS) is 17.0. The van der Waals surface area contributed by atoms with Crippen molar-refractivity contribution in [3.05, 3.63) is 48.0 Å². The van der Waals surface area contributed by atoms with E-state index in [0.717, 1.165) is 31.5 Å². The number of amides is 3. The molecule has 8 nitrogen and oxygen atoms in total. The molecule has 3 amide bonds. The lowest BCUT2D eigenvalue weighted by Gasteiger charge is -2.45. The molecule has 0 aliphatic carbocycles. The Hall–Kier alpha value is -3.55. The maximum absolute atomic E-state index is 13.5. The molecule has 4 rings (SSSR count). The van der Waals surface area contributed by atoms with E-state index < -0.39 is 0 Å². The summed E-state index contributed by atoms with van der Waals surface area (Å²) in [7, 11) is 1.58. The number of piperidine rings is 1. The van der Waals surface area contributed by atoms with Gasteiger partial charge in [-0.1, -0.05) is 0 Å². The van der Waals surface area contributed by atoms with Crippen LogP contribution in [0.3, 0.4) is 0 Å². The van der Waals surface area contributed by atoms with Crippen LogP contribution in [0.2, 0.25) is 0 Å². The van der Waals surface area contributed by atoms with Gasteiger partial charge < -0.3 is 19.9 Å². The minimum atomic E-state index is -0.297. The number of carbonyl (C=O) groups is 3. The number of ether oxygens (including phenoxy) is 1. The zero-order valence-corrected chi connectivity index (χ0v) is 20.0. The molecule has 0 bridgehead atoms. The molecule has 2 aliphatic rings. The van der Waals surface area contributed by atoms with E-state index in [1.165, 1.54) is 0 Å².